The van der Waals surface area contributed by atoms with Crippen molar-refractivity contribution < 1.29 is 17.7 Å². The molecule has 1 aliphatic carbocycles. The molecule has 1 amide bonds. The molecule has 8 heteroatoms. The van der Waals surface area contributed by atoms with E-state index in [0.29, 0.717) is 30.5 Å². The molecule has 28 heavy (non-hydrogen) atoms. The molecule has 0 radical (unpaired) electrons. The molecular weight excluding hydrogens is 378 g/mol. The van der Waals surface area contributed by atoms with Gasteiger partial charge >= 0.3 is 0 Å². The predicted octanol–water partition coefficient (Wildman–Crippen LogP) is 2.81. The van der Waals surface area contributed by atoms with Gasteiger partial charge in [0.25, 0.3) is 0 Å². The van der Waals surface area contributed by atoms with Crippen LogP contribution in [-0.4, -0.2) is 36.0 Å². The van der Waals surface area contributed by atoms with E-state index in [9.17, 15) is 13.2 Å². The highest BCUT2D eigenvalue weighted by Gasteiger charge is 2.32. The highest BCUT2D eigenvalue weighted by atomic mass is 32.2. The Hall–Kier alpha value is -2.22. The van der Waals surface area contributed by atoms with Gasteiger partial charge in [-0.2, -0.15) is 4.98 Å². The molecule has 1 aromatic carbocycles. The molecule has 1 heterocycles. The summed E-state index contributed by atoms with van der Waals surface area (Å²) < 4.78 is 29.9. The summed E-state index contributed by atoms with van der Waals surface area (Å²) in [5.41, 5.74) is 1.09. The lowest BCUT2D eigenvalue weighted by molar-refractivity contribution is -0.119. The fourth-order valence-corrected chi connectivity index (χ4v) is 4.23. The van der Waals surface area contributed by atoms with Gasteiger partial charge in [0.1, 0.15) is 11.8 Å². The fraction of sp³-hybridized carbons (Fsp3) is 0.550. The number of rotatable bonds is 10. The Labute approximate surface area is 165 Å². The minimum absolute atomic E-state index is 0.00256. The number of benzene rings is 1. The standard InChI is InChI=1S/C20H27N3O4S/c1-14(2)18(20-22-19(23-27-20)16-10-11-16)21-17(24)13-28(25,26)12-6-9-15-7-4-3-5-8-15/h3-5,7-8,14,16,18H,6,9-13H2,1-2H3,(H,21,24). The number of amides is 1. The highest BCUT2D eigenvalue weighted by molar-refractivity contribution is 7.92. The number of aryl methyl sites for hydroxylation is 1. The van der Waals surface area contributed by atoms with Crippen LogP contribution >= 0.6 is 0 Å². The third-order valence-corrected chi connectivity index (χ3v) is 6.38. The zero-order chi connectivity index (χ0) is 20.1. The average Bonchev–Trinajstić information content (AvgIpc) is 3.37. The molecule has 7 nitrogen and oxygen atoms in total. The normalized spacial score (nSPS) is 15.5. The van der Waals surface area contributed by atoms with Crippen LogP contribution in [0.3, 0.4) is 0 Å². The molecule has 1 aliphatic rings. The maximum atomic E-state index is 12.4. The zero-order valence-electron chi connectivity index (χ0n) is 16.3. The van der Waals surface area contributed by atoms with Crippen molar-refractivity contribution in [1.82, 2.24) is 15.5 Å². The summed E-state index contributed by atoms with van der Waals surface area (Å²) >= 11 is 0. The van der Waals surface area contributed by atoms with Gasteiger partial charge in [0, 0.05) is 5.92 Å². The zero-order valence-corrected chi connectivity index (χ0v) is 17.1. The van der Waals surface area contributed by atoms with E-state index >= 15 is 0 Å². The van der Waals surface area contributed by atoms with Crippen LogP contribution in [0.15, 0.2) is 34.9 Å². The lowest BCUT2D eigenvalue weighted by atomic mass is 10.0. The molecule has 1 saturated carbocycles. The van der Waals surface area contributed by atoms with Gasteiger partial charge in [0.15, 0.2) is 15.7 Å². The smallest absolute Gasteiger partial charge is 0.249 e. The lowest BCUT2D eigenvalue weighted by Crippen LogP contribution is -2.36. The molecule has 1 aromatic heterocycles. The molecule has 1 atom stereocenters. The Morgan fingerprint density at radius 1 is 1.25 bits per heavy atom. The van der Waals surface area contributed by atoms with Gasteiger partial charge in [-0.1, -0.05) is 49.3 Å². The summed E-state index contributed by atoms with van der Waals surface area (Å²) in [6.07, 6.45) is 3.27. The predicted molar refractivity (Wildman–Crippen MR) is 105 cm³/mol. The molecule has 1 N–H and O–H groups in total. The van der Waals surface area contributed by atoms with Gasteiger partial charge in [0.05, 0.1) is 5.75 Å². The summed E-state index contributed by atoms with van der Waals surface area (Å²) in [4.78, 5) is 16.7. The van der Waals surface area contributed by atoms with Gasteiger partial charge in [-0.05, 0) is 37.2 Å². The summed E-state index contributed by atoms with van der Waals surface area (Å²) in [5.74, 6) is 0.269. The molecule has 0 spiro atoms. The molecule has 1 unspecified atom stereocenters. The second-order valence-electron chi connectivity index (χ2n) is 7.74. The highest BCUT2D eigenvalue weighted by Crippen LogP contribution is 2.38. The summed E-state index contributed by atoms with van der Waals surface area (Å²) in [5, 5.41) is 6.73. The van der Waals surface area contributed by atoms with Crippen LogP contribution in [0.4, 0.5) is 0 Å². The quantitative estimate of drug-likeness (QED) is 0.652. The molecule has 0 saturated heterocycles. The van der Waals surface area contributed by atoms with Gasteiger partial charge in [-0.25, -0.2) is 8.42 Å². The van der Waals surface area contributed by atoms with E-state index in [1.54, 1.807) is 0 Å². The molecule has 3 rings (SSSR count). The van der Waals surface area contributed by atoms with E-state index in [1.807, 2.05) is 44.2 Å². The summed E-state index contributed by atoms with van der Waals surface area (Å²) in [7, 11) is -3.48. The number of aromatic nitrogens is 2. The Morgan fingerprint density at radius 3 is 2.61 bits per heavy atom. The van der Waals surface area contributed by atoms with Crippen molar-refractivity contribution >= 4 is 15.7 Å². The second kappa shape index (κ2) is 8.86. The summed E-state index contributed by atoms with van der Waals surface area (Å²) in [6, 6.07) is 9.21. The van der Waals surface area contributed by atoms with Crippen molar-refractivity contribution in [2.45, 2.75) is 51.5 Å². The number of carbonyl (C=O) groups excluding carboxylic acids is 1. The Bertz CT molecular complexity index is 889. The van der Waals surface area contributed by atoms with Crippen molar-refractivity contribution in [2.75, 3.05) is 11.5 Å². The lowest BCUT2D eigenvalue weighted by Gasteiger charge is -2.18. The SMILES string of the molecule is CC(C)C(NC(=O)CS(=O)(=O)CCCc1ccccc1)c1nc(C2CC2)no1. The molecule has 0 aliphatic heterocycles. The first kappa shape index (κ1) is 20.5. The maximum Gasteiger partial charge on any atom is 0.249 e. The van der Waals surface area contributed by atoms with E-state index in [-0.39, 0.29) is 11.7 Å². The molecule has 2 aromatic rings. The van der Waals surface area contributed by atoms with Crippen LogP contribution in [-0.2, 0) is 21.1 Å². The Kier molecular flexibility index (Phi) is 6.49. The largest absolute Gasteiger partial charge is 0.343 e. The van der Waals surface area contributed by atoms with E-state index in [2.05, 4.69) is 15.5 Å². The van der Waals surface area contributed by atoms with Crippen molar-refractivity contribution in [3.8, 4) is 0 Å². The topological polar surface area (TPSA) is 102 Å². The van der Waals surface area contributed by atoms with Crippen LogP contribution in [0.25, 0.3) is 0 Å². The van der Waals surface area contributed by atoms with Crippen LogP contribution < -0.4 is 5.32 Å². The Morgan fingerprint density at radius 2 is 1.96 bits per heavy atom. The van der Waals surface area contributed by atoms with Gasteiger partial charge < -0.3 is 9.84 Å². The number of sulfone groups is 1. The molecule has 0 bridgehead atoms. The van der Waals surface area contributed by atoms with Gasteiger partial charge in [-0.3, -0.25) is 4.79 Å². The van der Waals surface area contributed by atoms with Crippen LogP contribution in [0.5, 0.6) is 0 Å². The Balaban J connectivity index is 1.52. The van der Waals surface area contributed by atoms with Crippen molar-refractivity contribution in [3.63, 3.8) is 0 Å². The maximum absolute atomic E-state index is 12.4. The summed E-state index contributed by atoms with van der Waals surface area (Å²) in [6.45, 7) is 3.83. The average molecular weight is 406 g/mol. The van der Waals surface area contributed by atoms with E-state index < -0.39 is 27.5 Å². The minimum atomic E-state index is -3.48. The molecule has 1 fully saturated rings. The second-order valence-corrected chi connectivity index (χ2v) is 9.92. The van der Waals surface area contributed by atoms with Crippen molar-refractivity contribution in [2.24, 2.45) is 5.92 Å². The van der Waals surface area contributed by atoms with Crippen LogP contribution in [0.2, 0.25) is 0 Å². The van der Waals surface area contributed by atoms with Crippen molar-refractivity contribution in [3.05, 3.63) is 47.6 Å². The fourth-order valence-electron chi connectivity index (χ4n) is 3.02. The van der Waals surface area contributed by atoms with Gasteiger partial charge in [0.2, 0.25) is 11.8 Å². The van der Waals surface area contributed by atoms with E-state index in [4.69, 9.17) is 4.52 Å². The van der Waals surface area contributed by atoms with Crippen LogP contribution in [0, 0.1) is 5.92 Å². The first-order valence-electron chi connectivity index (χ1n) is 9.71. The van der Waals surface area contributed by atoms with Crippen molar-refractivity contribution in [1.29, 1.82) is 0 Å². The van der Waals surface area contributed by atoms with E-state index in [1.165, 1.54) is 0 Å². The van der Waals surface area contributed by atoms with Crippen LogP contribution in [0.1, 0.15) is 62.3 Å². The third kappa shape index (κ3) is 5.89. The third-order valence-electron chi connectivity index (χ3n) is 4.76. The number of carbonyl (C=O) groups is 1. The first-order chi connectivity index (χ1) is 13.3. The first-order valence-corrected chi connectivity index (χ1v) is 11.5. The van der Waals surface area contributed by atoms with Gasteiger partial charge in [-0.15, -0.1) is 0 Å². The number of hydrogen-bond acceptors (Lipinski definition) is 6. The molecule has 152 valence electrons. The number of nitrogens with zero attached hydrogens (tertiary/aromatic N) is 2. The number of nitrogens with one attached hydrogen (secondary N) is 1. The monoisotopic (exact) mass is 405 g/mol. The van der Waals surface area contributed by atoms with E-state index in [0.717, 1.165) is 18.4 Å². The minimum Gasteiger partial charge on any atom is -0.343 e. The molecular formula is C20H27N3O4S. The number of hydrogen-bond donors (Lipinski definition) is 1.